The normalized spacial score (nSPS) is 22.1. The van der Waals surface area contributed by atoms with Crippen molar-refractivity contribution in [1.82, 2.24) is 4.90 Å². The smallest absolute Gasteiger partial charge is 0.254 e. The van der Waals surface area contributed by atoms with Crippen LogP contribution < -0.4 is 5.73 Å². The maximum Gasteiger partial charge on any atom is 0.254 e. The van der Waals surface area contributed by atoms with E-state index in [9.17, 15) is 9.59 Å². The Hall–Kier alpha value is -1.72. The third kappa shape index (κ3) is 3.49. The molecule has 0 radical (unpaired) electrons. The molecule has 0 aliphatic carbocycles. The van der Waals surface area contributed by atoms with E-state index in [0.717, 1.165) is 12.8 Å². The van der Waals surface area contributed by atoms with Crippen molar-refractivity contribution in [2.24, 2.45) is 5.73 Å². The molecular weight excluding hydrogens is 268 g/mol. The molecule has 114 valence electrons. The molecule has 5 heteroatoms. The molecule has 1 saturated heterocycles. The third-order valence-electron chi connectivity index (χ3n) is 4.07. The fourth-order valence-electron chi connectivity index (χ4n) is 2.73. The fourth-order valence-corrected chi connectivity index (χ4v) is 2.73. The largest absolute Gasteiger partial charge is 0.381 e. The zero-order valence-corrected chi connectivity index (χ0v) is 12.5. The Morgan fingerprint density at radius 2 is 1.90 bits per heavy atom. The monoisotopic (exact) mass is 290 g/mol. The number of amides is 1. The predicted octanol–water partition coefficient (Wildman–Crippen LogP) is 1.47. The second-order valence-electron chi connectivity index (χ2n) is 5.40. The van der Waals surface area contributed by atoms with E-state index < -0.39 is 0 Å². The lowest BCUT2D eigenvalue weighted by molar-refractivity contribution is 0.0139. The van der Waals surface area contributed by atoms with E-state index in [-0.39, 0.29) is 23.8 Å². The molecule has 2 N–H and O–H groups in total. The number of Topliss-reactive ketones (excluding diaryl/α,β-unsaturated/α-hetero) is 1. The standard InChI is InChI=1S/C16H22N2O3/c1-11(19)12-3-5-13(6-4-12)16(20)18-8-7-15(21-2)9-14(18)10-17/h3-6,14-15H,7-10,17H2,1-2H3/t14-,15+/m1/s1. The molecule has 1 aromatic rings. The number of hydrogen-bond donors (Lipinski definition) is 1. The van der Waals surface area contributed by atoms with Crippen LogP contribution in [0.5, 0.6) is 0 Å². The van der Waals surface area contributed by atoms with Gasteiger partial charge in [0.15, 0.2) is 5.78 Å². The summed E-state index contributed by atoms with van der Waals surface area (Å²) in [6, 6.07) is 6.79. The number of methoxy groups -OCH3 is 1. The van der Waals surface area contributed by atoms with Crippen molar-refractivity contribution in [2.75, 3.05) is 20.2 Å². The Morgan fingerprint density at radius 3 is 2.43 bits per heavy atom. The minimum Gasteiger partial charge on any atom is -0.381 e. The number of rotatable bonds is 4. The average Bonchev–Trinajstić information content (AvgIpc) is 2.53. The van der Waals surface area contributed by atoms with E-state index in [4.69, 9.17) is 10.5 Å². The molecule has 0 unspecified atom stereocenters. The molecule has 0 bridgehead atoms. The summed E-state index contributed by atoms with van der Waals surface area (Å²) in [5.74, 6) is -0.0372. The van der Waals surface area contributed by atoms with Gasteiger partial charge < -0.3 is 15.4 Å². The zero-order valence-electron chi connectivity index (χ0n) is 12.5. The number of ether oxygens (including phenoxy) is 1. The van der Waals surface area contributed by atoms with Gasteiger partial charge in [-0.25, -0.2) is 0 Å². The summed E-state index contributed by atoms with van der Waals surface area (Å²) in [7, 11) is 1.69. The average molecular weight is 290 g/mol. The summed E-state index contributed by atoms with van der Waals surface area (Å²) in [6.07, 6.45) is 1.76. The summed E-state index contributed by atoms with van der Waals surface area (Å²) in [4.78, 5) is 25.7. The molecule has 1 amide bonds. The van der Waals surface area contributed by atoms with E-state index >= 15 is 0 Å². The first-order valence-electron chi connectivity index (χ1n) is 7.21. The summed E-state index contributed by atoms with van der Waals surface area (Å²) >= 11 is 0. The van der Waals surface area contributed by atoms with Crippen LogP contribution in [-0.4, -0.2) is 48.9 Å². The first-order chi connectivity index (χ1) is 10.1. The Labute approximate surface area is 125 Å². The molecule has 2 rings (SSSR count). The lowest BCUT2D eigenvalue weighted by Gasteiger charge is -2.38. The van der Waals surface area contributed by atoms with Crippen LogP contribution in [0.2, 0.25) is 0 Å². The Bertz CT molecular complexity index is 513. The van der Waals surface area contributed by atoms with Crippen molar-refractivity contribution in [3.8, 4) is 0 Å². The van der Waals surface area contributed by atoms with Crippen molar-refractivity contribution in [3.63, 3.8) is 0 Å². The van der Waals surface area contributed by atoms with Gasteiger partial charge in [0.1, 0.15) is 0 Å². The maximum atomic E-state index is 12.6. The zero-order chi connectivity index (χ0) is 15.4. The number of benzene rings is 1. The van der Waals surface area contributed by atoms with Crippen molar-refractivity contribution in [3.05, 3.63) is 35.4 Å². The topological polar surface area (TPSA) is 72.6 Å². The van der Waals surface area contributed by atoms with E-state index in [1.807, 2.05) is 4.90 Å². The molecule has 1 aliphatic rings. The number of likely N-dealkylation sites (tertiary alicyclic amines) is 1. The number of nitrogens with two attached hydrogens (primary N) is 1. The van der Waals surface area contributed by atoms with Crippen molar-refractivity contribution in [1.29, 1.82) is 0 Å². The molecule has 0 aromatic heterocycles. The minimum absolute atomic E-state index is 0.00341. The van der Waals surface area contributed by atoms with Crippen LogP contribution in [0.25, 0.3) is 0 Å². The fraction of sp³-hybridized carbons (Fsp3) is 0.500. The first kappa shape index (κ1) is 15.7. The second kappa shape index (κ2) is 6.83. The molecule has 2 atom stereocenters. The Kier molecular flexibility index (Phi) is 5.09. The van der Waals surface area contributed by atoms with Gasteiger partial charge >= 0.3 is 0 Å². The number of hydrogen-bond acceptors (Lipinski definition) is 4. The third-order valence-corrected chi connectivity index (χ3v) is 4.07. The van der Waals surface area contributed by atoms with Crippen LogP contribution in [0.1, 0.15) is 40.5 Å². The summed E-state index contributed by atoms with van der Waals surface area (Å²) < 4.78 is 5.37. The number of nitrogens with zero attached hydrogens (tertiary/aromatic N) is 1. The highest BCUT2D eigenvalue weighted by atomic mass is 16.5. The second-order valence-corrected chi connectivity index (χ2v) is 5.40. The van der Waals surface area contributed by atoms with Crippen LogP contribution in [-0.2, 0) is 4.74 Å². The Morgan fingerprint density at radius 1 is 1.29 bits per heavy atom. The van der Waals surface area contributed by atoms with E-state index in [1.54, 1.807) is 31.4 Å². The molecule has 1 aliphatic heterocycles. The van der Waals surface area contributed by atoms with Gasteiger partial charge in [0.05, 0.1) is 6.10 Å². The summed E-state index contributed by atoms with van der Waals surface area (Å²) in [5, 5.41) is 0. The highest BCUT2D eigenvalue weighted by Gasteiger charge is 2.31. The maximum absolute atomic E-state index is 12.6. The molecule has 0 spiro atoms. The van der Waals surface area contributed by atoms with Crippen molar-refractivity contribution in [2.45, 2.75) is 31.9 Å². The first-order valence-corrected chi connectivity index (χ1v) is 7.21. The number of piperidine rings is 1. The van der Waals surface area contributed by atoms with Gasteiger partial charge in [-0.2, -0.15) is 0 Å². The molecule has 21 heavy (non-hydrogen) atoms. The lowest BCUT2D eigenvalue weighted by Crippen LogP contribution is -2.51. The summed E-state index contributed by atoms with van der Waals surface area (Å²) in [5.41, 5.74) is 7.00. The van der Waals surface area contributed by atoms with E-state index in [0.29, 0.717) is 24.2 Å². The lowest BCUT2D eigenvalue weighted by atomic mass is 9.98. The van der Waals surface area contributed by atoms with Crippen LogP contribution in [0.15, 0.2) is 24.3 Å². The van der Waals surface area contributed by atoms with Crippen molar-refractivity contribution >= 4 is 11.7 Å². The number of ketones is 1. The SMILES string of the molecule is CO[C@H]1CCN(C(=O)c2ccc(C(C)=O)cc2)[C@@H](CN)C1. The van der Waals surface area contributed by atoms with Gasteiger partial charge in [0.2, 0.25) is 0 Å². The molecule has 1 heterocycles. The van der Waals surface area contributed by atoms with Gasteiger partial charge in [-0.1, -0.05) is 12.1 Å². The molecule has 5 nitrogen and oxygen atoms in total. The van der Waals surface area contributed by atoms with Gasteiger partial charge in [0.25, 0.3) is 5.91 Å². The number of carbonyl (C=O) groups excluding carboxylic acids is 2. The highest BCUT2D eigenvalue weighted by molar-refractivity contribution is 5.97. The van der Waals surface area contributed by atoms with Gasteiger partial charge in [-0.15, -0.1) is 0 Å². The number of carbonyl (C=O) groups is 2. The van der Waals surface area contributed by atoms with Crippen LogP contribution >= 0.6 is 0 Å². The van der Waals surface area contributed by atoms with E-state index in [2.05, 4.69) is 0 Å². The van der Waals surface area contributed by atoms with Crippen LogP contribution in [0.4, 0.5) is 0 Å². The highest BCUT2D eigenvalue weighted by Crippen LogP contribution is 2.21. The minimum atomic E-state index is -0.0323. The molecule has 1 fully saturated rings. The molecule has 0 saturated carbocycles. The van der Waals surface area contributed by atoms with E-state index in [1.165, 1.54) is 6.92 Å². The van der Waals surface area contributed by atoms with Gasteiger partial charge in [0, 0.05) is 37.4 Å². The van der Waals surface area contributed by atoms with Crippen molar-refractivity contribution < 1.29 is 14.3 Å². The van der Waals surface area contributed by atoms with Gasteiger partial charge in [-0.3, -0.25) is 9.59 Å². The Balaban J connectivity index is 2.13. The molecule has 1 aromatic carbocycles. The molecular formula is C16H22N2O3. The predicted molar refractivity (Wildman–Crippen MR) is 80.4 cm³/mol. The van der Waals surface area contributed by atoms with Crippen LogP contribution in [0.3, 0.4) is 0 Å². The van der Waals surface area contributed by atoms with Gasteiger partial charge in [-0.05, 0) is 31.9 Å². The quantitative estimate of drug-likeness (QED) is 0.852. The van der Waals surface area contributed by atoms with Crippen LogP contribution in [0, 0.1) is 0 Å². The summed E-state index contributed by atoms with van der Waals surface area (Å²) in [6.45, 7) is 2.58.